The van der Waals surface area contributed by atoms with Crippen molar-refractivity contribution < 1.29 is 4.74 Å². The lowest BCUT2D eigenvalue weighted by Crippen LogP contribution is -2.40. The molecule has 3 aromatic rings. The highest BCUT2D eigenvalue weighted by Crippen LogP contribution is 2.34. The molecule has 2 aromatic heterocycles. The molecular weight excluding hydrogens is 338 g/mol. The zero-order valence-electron chi connectivity index (χ0n) is 16.1. The summed E-state index contributed by atoms with van der Waals surface area (Å²) in [4.78, 5) is 6.84. The zero-order valence-corrected chi connectivity index (χ0v) is 16.1. The standard InChI is InChI=1S/C21H25N5O/c1-14-10-11-18(21(22-14)27-3)19-16-8-4-5-9-17(16)20(25-24-19)23-15-7-6-12-26(2)13-15/h4-5,8-11,15H,6-7,12-13H2,1-3H3,(H,23,25)/t15-/m1/s1. The van der Waals surface area contributed by atoms with Gasteiger partial charge in [0.25, 0.3) is 0 Å². The van der Waals surface area contributed by atoms with Crippen LogP contribution in [0.2, 0.25) is 0 Å². The molecule has 0 saturated carbocycles. The van der Waals surface area contributed by atoms with Gasteiger partial charge in [-0.1, -0.05) is 24.3 Å². The number of likely N-dealkylation sites (tertiary alicyclic amines) is 1. The van der Waals surface area contributed by atoms with Gasteiger partial charge in [0.15, 0.2) is 5.82 Å². The Morgan fingerprint density at radius 3 is 2.70 bits per heavy atom. The molecule has 1 atom stereocenters. The van der Waals surface area contributed by atoms with Crippen molar-refractivity contribution in [2.75, 3.05) is 32.6 Å². The Hall–Kier alpha value is -2.73. The summed E-state index contributed by atoms with van der Waals surface area (Å²) in [5.74, 6) is 1.41. The Morgan fingerprint density at radius 1 is 1.11 bits per heavy atom. The van der Waals surface area contributed by atoms with E-state index in [4.69, 9.17) is 4.74 Å². The topological polar surface area (TPSA) is 63.2 Å². The Kier molecular flexibility index (Phi) is 4.90. The summed E-state index contributed by atoms with van der Waals surface area (Å²) in [6, 6.07) is 12.6. The maximum atomic E-state index is 5.49. The Morgan fingerprint density at radius 2 is 1.93 bits per heavy atom. The highest BCUT2D eigenvalue weighted by atomic mass is 16.5. The molecule has 6 nitrogen and oxygen atoms in total. The molecule has 1 aliphatic heterocycles. The third-order valence-electron chi connectivity index (χ3n) is 5.10. The van der Waals surface area contributed by atoms with E-state index < -0.39 is 0 Å². The number of likely N-dealkylation sites (N-methyl/N-ethyl adjacent to an activating group) is 1. The van der Waals surface area contributed by atoms with Gasteiger partial charge in [-0.25, -0.2) is 4.98 Å². The molecular formula is C21H25N5O. The number of nitrogens with one attached hydrogen (secondary N) is 1. The first kappa shape index (κ1) is 17.7. The summed E-state index contributed by atoms with van der Waals surface area (Å²) in [7, 11) is 3.80. The number of hydrogen-bond acceptors (Lipinski definition) is 6. The maximum Gasteiger partial charge on any atom is 0.222 e. The molecule has 6 heteroatoms. The van der Waals surface area contributed by atoms with Crippen LogP contribution in [-0.2, 0) is 0 Å². The lowest BCUT2D eigenvalue weighted by Gasteiger charge is -2.30. The number of hydrogen-bond donors (Lipinski definition) is 1. The second-order valence-corrected chi connectivity index (χ2v) is 7.20. The van der Waals surface area contributed by atoms with Crippen LogP contribution >= 0.6 is 0 Å². The summed E-state index contributed by atoms with van der Waals surface area (Å²) in [5.41, 5.74) is 2.56. The minimum atomic E-state index is 0.392. The summed E-state index contributed by atoms with van der Waals surface area (Å²) in [6.07, 6.45) is 2.35. The molecule has 140 valence electrons. The molecule has 3 heterocycles. The number of aromatic nitrogens is 3. The molecule has 0 bridgehead atoms. The fourth-order valence-corrected chi connectivity index (χ4v) is 3.76. The van der Waals surface area contributed by atoms with Crippen LogP contribution < -0.4 is 10.1 Å². The molecule has 0 spiro atoms. The smallest absolute Gasteiger partial charge is 0.222 e. The molecule has 1 aromatic carbocycles. The lowest BCUT2D eigenvalue weighted by molar-refractivity contribution is 0.261. The highest BCUT2D eigenvalue weighted by Gasteiger charge is 2.20. The van der Waals surface area contributed by atoms with Gasteiger partial charge in [0.05, 0.1) is 12.7 Å². The fourth-order valence-electron chi connectivity index (χ4n) is 3.76. The largest absolute Gasteiger partial charge is 0.480 e. The van der Waals surface area contributed by atoms with Crippen LogP contribution in [0.4, 0.5) is 5.82 Å². The van der Waals surface area contributed by atoms with Gasteiger partial charge in [-0.3, -0.25) is 0 Å². The second kappa shape index (κ2) is 7.48. The van der Waals surface area contributed by atoms with Crippen LogP contribution in [0.3, 0.4) is 0 Å². The van der Waals surface area contributed by atoms with Crippen molar-refractivity contribution in [3.63, 3.8) is 0 Å². The fraction of sp³-hybridized carbons (Fsp3) is 0.381. The van der Waals surface area contributed by atoms with Crippen molar-refractivity contribution in [3.8, 4) is 17.1 Å². The first-order chi connectivity index (χ1) is 13.2. The number of pyridine rings is 1. The monoisotopic (exact) mass is 363 g/mol. The summed E-state index contributed by atoms with van der Waals surface area (Å²) in [6.45, 7) is 4.13. The highest BCUT2D eigenvalue weighted by molar-refractivity contribution is 6.00. The minimum Gasteiger partial charge on any atom is -0.480 e. The van der Waals surface area contributed by atoms with E-state index in [1.54, 1.807) is 7.11 Å². The number of nitrogens with zero attached hydrogens (tertiary/aromatic N) is 4. The summed E-state index contributed by atoms with van der Waals surface area (Å²) < 4.78 is 5.49. The average molecular weight is 363 g/mol. The van der Waals surface area contributed by atoms with Gasteiger partial charge < -0.3 is 15.0 Å². The van der Waals surface area contributed by atoms with E-state index in [0.717, 1.165) is 53.1 Å². The number of rotatable bonds is 4. The van der Waals surface area contributed by atoms with Crippen LogP contribution in [0.15, 0.2) is 36.4 Å². The predicted molar refractivity (Wildman–Crippen MR) is 108 cm³/mol. The number of piperidine rings is 1. The van der Waals surface area contributed by atoms with E-state index in [9.17, 15) is 0 Å². The van der Waals surface area contributed by atoms with Gasteiger partial charge in [0, 0.05) is 29.1 Å². The molecule has 1 aliphatic rings. The number of methoxy groups -OCH3 is 1. The van der Waals surface area contributed by atoms with Gasteiger partial charge in [-0.05, 0) is 45.5 Å². The normalized spacial score (nSPS) is 17.8. The van der Waals surface area contributed by atoms with Crippen molar-refractivity contribution in [1.82, 2.24) is 20.1 Å². The molecule has 0 unspecified atom stereocenters. The maximum absolute atomic E-state index is 5.49. The summed E-state index contributed by atoms with van der Waals surface area (Å²) in [5, 5.41) is 14.8. The molecule has 27 heavy (non-hydrogen) atoms. The van der Waals surface area contributed by atoms with Crippen molar-refractivity contribution in [1.29, 1.82) is 0 Å². The Bertz CT molecular complexity index is 958. The third-order valence-corrected chi connectivity index (χ3v) is 5.10. The molecule has 0 amide bonds. The minimum absolute atomic E-state index is 0.392. The van der Waals surface area contributed by atoms with Gasteiger partial charge >= 0.3 is 0 Å². The SMILES string of the molecule is COc1nc(C)ccc1-c1nnc(N[C@@H]2CCCN(C)C2)c2ccccc12. The van der Waals surface area contributed by atoms with Crippen molar-refractivity contribution in [2.24, 2.45) is 0 Å². The van der Waals surface area contributed by atoms with Gasteiger partial charge in [-0.2, -0.15) is 0 Å². The molecule has 0 radical (unpaired) electrons. The van der Waals surface area contributed by atoms with Crippen LogP contribution in [0.5, 0.6) is 5.88 Å². The van der Waals surface area contributed by atoms with Crippen LogP contribution in [0.25, 0.3) is 22.0 Å². The first-order valence-electron chi connectivity index (χ1n) is 9.38. The average Bonchev–Trinajstić information content (AvgIpc) is 2.68. The lowest BCUT2D eigenvalue weighted by atomic mass is 10.0. The number of ether oxygens (including phenoxy) is 1. The van der Waals surface area contributed by atoms with Crippen molar-refractivity contribution in [3.05, 3.63) is 42.1 Å². The number of aryl methyl sites for hydroxylation is 1. The van der Waals surface area contributed by atoms with Crippen molar-refractivity contribution >= 4 is 16.6 Å². The Balaban J connectivity index is 1.77. The van der Waals surface area contributed by atoms with Crippen LogP contribution in [0, 0.1) is 6.92 Å². The van der Waals surface area contributed by atoms with E-state index in [-0.39, 0.29) is 0 Å². The predicted octanol–water partition coefficient (Wildman–Crippen LogP) is 3.51. The zero-order chi connectivity index (χ0) is 18.8. The third kappa shape index (κ3) is 3.57. The van der Waals surface area contributed by atoms with E-state index >= 15 is 0 Å². The second-order valence-electron chi connectivity index (χ2n) is 7.20. The van der Waals surface area contributed by atoms with Gasteiger partial charge in [0.1, 0.15) is 5.69 Å². The van der Waals surface area contributed by atoms with Gasteiger partial charge in [-0.15, -0.1) is 10.2 Å². The van der Waals surface area contributed by atoms with Crippen molar-refractivity contribution in [2.45, 2.75) is 25.8 Å². The van der Waals surface area contributed by atoms with Crippen LogP contribution in [0.1, 0.15) is 18.5 Å². The van der Waals surface area contributed by atoms with E-state index in [0.29, 0.717) is 11.9 Å². The number of benzene rings is 1. The molecule has 0 aliphatic carbocycles. The molecule has 4 rings (SSSR count). The van der Waals surface area contributed by atoms with Crippen LogP contribution in [-0.4, -0.2) is 53.4 Å². The molecule has 1 N–H and O–H groups in total. The van der Waals surface area contributed by atoms with E-state index in [1.807, 2.05) is 31.2 Å². The molecule has 1 saturated heterocycles. The van der Waals surface area contributed by atoms with E-state index in [2.05, 4.69) is 44.6 Å². The van der Waals surface area contributed by atoms with Gasteiger partial charge in [0.2, 0.25) is 5.88 Å². The Labute approximate surface area is 159 Å². The quantitative estimate of drug-likeness (QED) is 0.765. The number of anilines is 1. The molecule has 1 fully saturated rings. The van der Waals surface area contributed by atoms with E-state index in [1.165, 1.54) is 6.42 Å². The first-order valence-corrected chi connectivity index (χ1v) is 9.38. The summed E-state index contributed by atoms with van der Waals surface area (Å²) >= 11 is 0. The number of fused-ring (bicyclic) bond motifs is 1.